The molecule has 1 heterocycles. The van der Waals surface area contributed by atoms with E-state index in [1.807, 2.05) is 6.07 Å². The number of hydrogen-bond acceptors (Lipinski definition) is 2. The van der Waals surface area contributed by atoms with Crippen molar-refractivity contribution in [2.75, 3.05) is 0 Å². The van der Waals surface area contributed by atoms with Gasteiger partial charge in [0.1, 0.15) is 0 Å². The minimum absolute atomic E-state index is 0.375. The van der Waals surface area contributed by atoms with Crippen molar-refractivity contribution in [3.8, 4) is 0 Å². The Morgan fingerprint density at radius 3 is 3.08 bits per heavy atom. The molecule has 1 aromatic carbocycles. The molecule has 0 amide bonds. The second-order valence-electron chi connectivity index (χ2n) is 3.69. The Morgan fingerprint density at radius 2 is 2.31 bits per heavy atom. The number of imidazole rings is 1. The number of aromatic amines is 1. The second-order valence-corrected chi connectivity index (χ2v) is 3.69. The van der Waals surface area contributed by atoms with Crippen molar-refractivity contribution in [3.05, 3.63) is 30.1 Å². The summed E-state index contributed by atoms with van der Waals surface area (Å²) >= 11 is 0. The van der Waals surface area contributed by atoms with Gasteiger partial charge in [0.25, 0.3) is 0 Å². The summed E-state index contributed by atoms with van der Waals surface area (Å²) in [7, 11) is 0. The molecule has 13 heavy (non-hydrogen) atoms. The Morgan fingerprint density at radius 1 is 1.46 bits per heavy atom. The van der Waals surface area contributed by atoms with E-state index in [0.717, 1.165) is 17.5 Å². The third kappa shape index (κ3) is 1.04. The third-order valence-corrected chi connectivity index (χ3v) is 2.71. The summed E-state index contributed by atoms with van der Waals surface area (Å²) < 4.78 is 0. The van der Waals surface area contributed by atoms with E-state index in [1.165, 1.54) is 5.56 Å². The van der Waals surface area contributed by atoms with Gasteiger partial charge in [0, 0.05) is 12.0 Å². The van der Waals surface area contributed by atoms with Crippen LogP contribution in [0.4, 0.5) is 0 Å². The summed E-state index contributed by atoms with van der Waals surface area (Å²) in [5.74, 6) is 0.577. The SMILES string of the molecule is N[C@@H]1C[C@H]1c1ccc2nc[nH]c2c1. The molecule has 2 atom stereocenters. The Bertz CT molecular complexity index is 446. The topological polar surface area (TPSA) is 54.7 Å². The van der Waals surface area contributed by atoms with E-state index in [1.54, 1.807) is 6.33 Å². The fourth-order valence-electron chi connectivity index (χ4n) is 1.78. The molecule has 0 radical (unpaired) electrons. The zero-order chi connectivity index (χ0) is 8.84. The molecule has 0 unspecified atom stereocenters. The van der Waals surface area contributed by atoms with Crippen molar-refractivity contribution in [1.29, 1.82) is 0 Å². The van der Waals surface area contributed by atoms with Gasteiger partial charge in [-0.05, 0) is 24.1 Å². The predicted octanol–water partition coefficient (Wildman–Crippen LogP) is 1.38. The minimum atomic E-state index is 0.375. The molecular formula is C10H11N3. The van der Waals surface area contributed by atoms with Crippen LogP contribution in [0.25, 0.3) is 11.0 Å². The molecule has 1 aliphatic rings. The number of nitrogens with zero attached hydrogens (tertiary/aromatic N) is 1. The average molecular weight is 173 g/mol. The van der Waals surface area contributed by atoms with Crippen molar-refractivity contribution in [1.82, 2.24) is 9.97 Å². The van der Waals surface area contributed by atoms with E-state index in [2.05, 4.69) is 22.1 Å². The van der Waals surface area contributed by atoms with Crippen LogP contribution in [0.5, 0.6) is 0 Å². The summed E-state index contributed by atoms with van der Waals surface area (Å²) in [4.78, 5) is 7.28. The van der Waals surface area contributed by atoms with Crippen molar-refractivity contribution in [2.45, 2.75) is 18.4 Å². The van der Waals surface area contributed by atoms with Crippen LogP contribution in [0.1, 0.15) is 17.9 Å². The molecule has 3 heteroatoms. The molecule has 0 saturated heterocycles. The van der Waals surface area contributed by atoms with Gasteiger partial charge in [-0.25, -0.2) is 4.98 Å². The van der Waals surface area contributed by atoms with E-state index in [0.29, 0.717) is 12.0 Å². The van der Waals surface area contributed by atoms with Crippen LogP contribution in [-0.4, -0.2) is 16.0 Å². The molecule has 1 aliphatic carbocycles. The molecule has 2 aromatic rings. The quantitative estimate of drug-likeness (QED) is 0.684. The molecule has 1 fully saturated rings. The Balaban J connectivity index is 2.10. The number of H-pyrrole nitrogens is 1. The monoisotopic (exact) mass is 173 g/mol. The second kappa shape index (κ2) is 2.33. The van der Waals surface area contributed by atoms with Gasteiger partial charge in [0.2, 0.25) is 0 Å². The number of aromatic nitrogens is 2. The number of nitrogens with two attached hydrogens (primary N) is 1. The lowest BCUT2D eigenvalue weighted by Gasteiger charge is -1.97. The number of rotatable bonds is 1. The van der Waals surface area contributed by atoms with Gasteiger partial charge >= 0.3 is 0 Å². The predicted molar refractivity (Wildman–Crippen MR) is 51.4 cm³/mol. The normalized spacial score (nSPS) is 26.5. The lowest BCUT2D eigenvalue weighted by atomic mass is 10.1. The first-order chi connectivity index (χ1) is 6.34. The molecular weight excluding hydrogens is 162 g/mol. The highest BCUT2D eigenvalue weighted by atomic mass is 14.9. The van der Waals surface area contributed by atoms with Crippen molar-refractivity contribution < 1.29 is 0 Å². The van der Waals surface area contributed by atoms with Crippen LogP contribution in [0.15, 0.2) is 24.5 Å². The minimum Gasteiger partial charge on any atom is -0.345 e. The third-order valence-electron chi connectivity index (χ3n) is 2.71. The van der Waals surface area contributed by atoms with Crippen molar-refractivity contribution in [3.63, 3.8) is 0 Å². The summed E-state index contributed by atoms with van der Waals surface area (Å²) in [5.41, 5.74) is 9.26. The Labute approximate surface area is 76.0 Å². The maximum Gasteiger partial charge on any atom is 0.0931 e. The fraction of sp³-hybridized carbons (Fsp3) is 0.300. The van der Waals surface area contributed by atoms with E-state index in [4.69, 9.17) is 5.73 Å². The van der Waals surface area contributed by atoms with E-state index in [-0.39, 0.29) is 0 Å². The lowest BCUT2D eigenvalue weighted by molar-refractivity contribution is 0.992. The summed E-state index contributed by atoms with van der Waals surface area (Å²) in [6.45, 7) is 0. The van der Waals surface area contributed by atoms with Gasteiger partial charge in [0.15, 0.2) is 0 Å². The standard InChI is InChI=1S/C10H11N3/c11-8-4-7(8)6-1-2-9-10(3-6)13-5-12-9/h1-3,5,7-8H,4,11H2,(H,12,13)/t7-,8+/m0/s1. The Kier molecular flexibility index (Phi) is 1.27. The first-order valence-corrected chi connectivity index (χ1v) is 4.53. The van der Waals surface area contributed by atoms with Crippen LogP contribution >= 0.6 is 0 Å². The van der Waals surface area contributed by atoms with Gasteiger partial charge in [-0.15, -0.1) is 0 Å². The molecule has 1 saturated carbocycles. The molecule has 1 aromatic heterocycles. The fourth-order valence-corrected chi connectivity index (χ4v) is 1.78. The average Bonchev–Trinajstić information content (AvgIpc) is 2.70. The van der Waals surface area contributed by atoms with E-state index < -0.39 is 0 Å². The number of fused-ring (bicyclic) bond motifs is 1. The van der Waals surface area contributed by atoms with E-state index in [9.17, 15) is 0 Å². The smallest absolute Gasteiger partial charge is 0.0931 e. The summed E-state index contributed by atoms with van der Waals surface area (Å²) in [6, 6.07) is 6.70. The molecule has 3 rings (SSSR count). The van der Waals surface area contributed by atoms with Crippen LogP contribution in [0.3, 0.4) is 0 Å². The molecule has 3 nitrogen and oxygen atoms in total. The summed E-state index contributed by atoms with van der Waals surface area (Å²) in [5, 5.41) is 0. The van der Waals surface area contributed by atoms with Crippen LogP contribution in [-0.2, 0) is 0 Å². The highest BCUT2D eigenvalue weighted by molar-refractivity contribution is 5.75. The highest BCUT2D eigenvalue weighted by Gasteiger charge is 2.34. The van der Waals surface area contributed by atoms with Gasteiger partial charge < -0.3 is 10.7 Å². The number of nitrogens with one attached hydrogen (secondary N) is 1. The zero-order valence-corrected chi connectivity index (χ0v) is 7.20. The highest BCUT2D eigenvalue weighted by Crippen LogP contribution is 2.39. The molecule has 3 N–H and O–H groups in total. The van der Waals surface area contributed by atoms with Crippen LogP contribution < -0.4 is 5.73 Å². The van der Waals surface area contributed by atoms with Crippen LogP contribution in [0, 0.1) is 0 Å². The lowest BCUT2D eigenvalue weighted by Crippen LogP contribution is -2.00. The number of benzene rings is 1. The van der Waals surface area contributed by atoms with Crippen molar-refractivity contribution in [2.24, 2.45) is 5.73 Å². The first-order valence-electron chi connectivity index (χ1n) is 4.53. The van der Waals surface area contributed by atoms with Gasteiger partial charge in [-0.1, -0.05) is 6.07 Å². The van der Waals surface area contributed by atoms with Gasteiger partial charge in [-0.2, -0.15) is 0 Å². The van der Waals surface area contributed by atoms with Crippen LogP contribution in [0.2, 0.25) is 0 Å². The molecule has 0 spiro atoms. The zero-order valence-electron chi connectivity index (χ0n) is 7.20. The maximum atomic E-state index is 5.79. The molecule has 0 aliphatic heterocycles. The van der Waals surface area contributed by atoms with Crippen molar-refractivity contribution >= 4 is 11.0 Å². The largest absolute Gasteiger partial charge is 0.345 e. The van der Waals surface area contributed by atoms with E-state index >= 15 is 0 Å². The van der Waals surface area contributed by atoms with Gasteiger partial charge in [0.05, 0.1) is 17.4 Å². The molecule has 66 valence electrons. The first kappa shape index (κ1) is 7.09. The maximum absolute atomic E-state index is 5.79. The molecule has 0 bridgehead atoms. The number of hydrogen-bond donors (Lipinski definition) is 2. The van der Waals surface area contributed by atoms with Gasteiger partial charge in [-0.3, -0.25) is 0 Å². The summed E-state index contributed by atoms with van der Waals surface area (Å²) in [6.07, 6.45) is 2.85. The Hall–Kier alpha value is -1.35.